The lowest BCUT2D eigenvalue weighted by Crippen LogP contribution is -2.43. The van der Waals surface area contributed by atoms with Gasteiger partial charge in [0.25, 0.3) is 0 Å². The van der Waals surface area contributed by atoms with Crippen LogP contribution in [0, 0.1) is 0 Å². The van der Waals surface area contributed by atoms with E-state index in [0.29, 0.717) is 12.6 Å². The molecule has 1 aliphatic heterocycles. The average Bonchev–Trinajstić information content (AvgIpc) is 2.43. The Morgan fingerprint density at radius 1 is 1.33 bits per heavy atom. The minimum Gasteiger partial charge on any atom is -0.381 e. The number of carbonyl (C=O) groups excluding carboxylic acids is 1. The van der Waals surface area contributed by atoms with Crippen LogP contribution >= 0.6 is 31.9 Å². The fraction of sp³-hybridized carbons (Fsp3) is 0.533. The molecular weight excluding hydrogens is 398 g/mol. The molecule has 6 heteroatoms. The highest BCUT2D eigenvalue weighted by molar-refractivity contribution is 9.11. The summed E-state index contributed by atoms with van der Waals surface area (Å²) in [5.41, 5.74) is 1.13. The van der Waals surface area contributed by atoms with Crippen LogP contribution in [-0.2, 0) is 4.79 Å². The lowest BCUT2D eigenvalue weighted by atomic mass is 10.0. The molecule has 2 rings (SSSR count). The van der Waals surface area contributed by atoms with Gasteiger partial charge in [-0.15, -0.1) is 0 Å². The molecule has 0 atom stereocenters. The van der Waals surface area contributed by atoms with Crippen LogP contribution in [0.1, 0.15) is 12.8 Å². The number of piperidine rings is 1. The summed E-state index contributed by atoms with van der Waals surface area (Å²) < 4.78 is 2.14. The maximum absolute atomic E-state index is 11.7. The van der Waals surface area contributed by atoms with Gasteiger partial charge in [-0.25, -0.2) is 0 Å². The number of hydrogen-bond acceptors (Lipinski definition) is 3. The van der Waals surface area contributed by atoms with E-state index in [1.165, 1.54) is 0 Å². The summed E-state index contributed by atoms with van der Waals surface area (Å²) in [6, 6.07) is 6.63. The van der Waals surface area contributed by atoms with E-state index in [1.54, 1.807) is 4.90 Å². The number of hydrogen-bond donors (Lipinski definition) is 1. The first-order valence-electron chi connectivity index (χ1n) is 7.10. The normalized spacial score (nSPS) is 16.8. The number of likely N-dealkylation sites (tertiary alicyclic amines) is 1. The fourth-order valence-corrected chi connectivity index (χ4v) is 3.56. The van der Waals surface area contributed by atoms with Gasteiger partial charge in [0.2, 0.25) is 5.91 Å². The van der Waals surface area contributed by atoms with Crippen molar-refractivity contribution in [3.8, 4) is 0 Å². The van der Waals surface area contributed by atoms with Crippen LogP contribution in [0.4, 0.5) is 5.69 Å². The molecule has 0 aliphatic carbocycles. The molecule has 0 aromatic heterocycles. The fourth-order valence-electron chi connectivity index (χ4n) is 2.39. The predicted octanol–water partition coefficient (Wildman–Crippen LogP) is 3.18. The summed E-state index contributed by atoms with van der Waals surface area (Å²) in [5, 5.41) is 3.58. The summed E-state index contributed by atoms with van der Waals surface area (Å²) in [6.07, 6.45) is 2.12. The molecule has 1 N–H and O–H groups in total. The van der Waals surface area contributed by atoms with Crippen molar-refractivity contribution in [3.05, 3.63) is 27.1 Å². The summed E-state index contributed by atoms with van der Waals surface area (Å²) in [7, 11) is 3.61. The SMILES string of the molecule is CN(C)C(=O)CN1CCC(Nc2ccc(Br)cc2Br)CC1. The zero-order chi connectivity index (χ0) is 15.4. The Hall–Kier alpha value is -0.590. The smallest absolute Gasteiger partial charge is 0.236 e. The first-order valence-corrected chi connectivity index (χ1v) is 8.68. The zero-order valence-corrected chi connectivity index (χ0v) is 15.6. The molecule has 1 aromatic rings. The quantitative estimate of drug-likeness (QED) is 0.815. The van der Waals surface area contributed by atoms with E-state index in [-0.39, 0.29) is 5.91 Å². The second-order valence-corrected chi connectivity index (χ2v) is 7.38. The summed E-state index contributed by atoms with van der Waals surface area (Å²) in [4.78, 5) is 15.6. The molecule has 1 aromatic carbocycles. The number of likely N-dealkylation sites (N-methyl/N-ethyl adjacent to an activating group) is 1. The van der Waals surface area contributed by atoms with Crippen LogP contribution in [0.15, 0.2) is 27.1 Å². The number of halogens is 2. The van der Waals surface area contributed by atoms with Crippen molar-refractivity contribution in [2.24, 2.45) is 0 Å². The third-order valence-electron chi connectivity index (χ3n) is 3.74. The van der Waals surface area contributed by atoms with Gasteiger partial charge in [0.05, 0.1) is 6.54 Å². The molecule has 21 heavy (non-hydrogen) atoms. The Bertz CT molecular complexity index is 500. The number of anilines is 1. The lowest BCUT2D eigenvalue weighted by Gasteiger charge is -2.33. The number of carbonyl (C=O) groups is 1. The molecule has 0 unspecified atom stereocenters. The van der Waals surface area contributed by atoms with Gasteiger partial charge in [-0.05, 0) is 47.0 Å². The Morgan fingerprint density at radius 3 is 2.57 bits per heavy atom. The van der Waals surface area contributed by atoms with E-state index in [1.807, 2.05) is 26.2 Å². The minimum absolute atomic E-state index is 0.178. The van der Waals surface area contributed by atoms with Crippen molar-refractivity contribution >= 4 is 43.5 Å². The topological polar surface area (TPSA) is 35.6 Å². The minimum atomic E-state index is 0.178. The van der Waals surface area contributed by atoms with Gasteiger partial charge in [0.15, 0.2) is 0 Å². The van der Waals surface area contributed by atoms with Gasteiger partial charge < -0.3 is 10.2 Å². The maximum atomic E-state index is 11.7. The van der Waals surface area contributed by atoms with Gasteiger partial charge >= 0.3 is 0 Å². The van der Waals surface area contributed by atoms with Crippen molar-refractivity contribution < 1.29 is 4.79 Å². The molecule has 1 aliphatic rings. The molecule has 1 heterocycles. The number of amides is 1. The van der Waals surface area contributed by atoms with Gasteiger partial charge in [-0.2, -0.15) is 0 Å². The second kappa shape index (κ2) is 7.61. The molecule has 116 valence electrons. The molecule has 1 amide bonds. The van der Waals surface area contributed by atoms with Crippen molar-refractivity contribution in [2.45, 2.75) is 18.9 Å². The van der Waals surface area contributed by atoms with Crippen molar-refractivity contribution in [1.29, 1.82) is 0 Å². The van der Waals surface area contributed by atoms with Crippen molar-refractivity contribution in [2.75, 3.05) is 39.0 Å². The molecule has 0 radical (unpaired) electrons. The Labute approximate surface area is 143 Å². The summed E-state index contributed by atoms with van der Waals surface area (Å²) in [5.74, 6) is 0.178. The highest BCUT2D eigenvalue weighted by atomic mass is 79.9. The van der Waals surface area contributed by atoms with E-state index in [9.17, 15) is 4.79 Å². The predicted molar refractivity (Wildman–Crippen MR) is 93.6 cm³/mol. The molecule has 4 nitrogen and oxygen atoms in total. The van der Waals surface area contributed by atoms with Crippen molar-refractivity contribution in [3.63, 3.8) is 0 Å². The molecule has 0 spiro atoms. The van der Waals surface area contributed by atoms with Gasteiger partial charge in [-0.1, -0.05) is 15.9 Å². The van der Waals surface area contributed by atoms with Crippen LogP contribution in [-0.4, -0.2) is 55.5 Å². The Morgan fingerprint density at radius 2 is 2.00 bits per heavy atom. The third kappa shape index (κ3) is 4.97. The summed E-state index contributed by atoms with van der Waals surface area (Å²) in [6.45, 7) is 2.46. The first kappa shape index (κ1) is 16.8. The van der Waals surface area contributed by atoms with Crippen LogP contribution in [0.2, 0.25) is 0 Å². The van der Waals surface area contributed by atoms with Gasteiger partial charge in [0.1, 0.15) is 0 Å². The molecule has 1 saturated heterocycles. The monoisotopic (exact) mass is 417 g/mol. The highest BCUT2D eigenvalue weighted by Crippen LogP contribution is 2.28. The molecular formula is C15H21Br2N3O. The van der Waals surface area contributed by atoms with Gasteiger partial charge in [-0.3, -0.25) is 9.69 Å². The first-order chi connectivity index (χ1) is 9.95. The Kier molecular flexibility index (Phi) is 6.08. The van der Waals surface area contributed by atoms with E-state index in [2.05, 4.69) is 48.1 Å². The number of nitrogens with one attached hydrogen (secondary N) is 1. The number of benzene rings is 1. The highest BCUT2D eigenvalue weighted by Gasteiger charge is 2.21. The largest absolute Gasteiger partial charge is 0.381 e. The van der Waals surface area contributed by atoms with Gasteiger partial charge in [0, 0.05) is 47.9 Å². The van der Waals surface area contributed by atoms with E-state index < -0.39 is 0 Å². The number of nitrogens with zero attached hydrogens (tertiary/aromatic N) is 2. The third-order valence-corrected chi connectivity index (χ3v) is 4.89. The van der Waals surface area contributed by atoms with Crippen LogP contribution in [0.25, 0.3) is 0 Å². The maximum Gasteiger partial charge on any atom is 0.236 e. The van der Waals surface area contributed by atoms with E-state index in [4.69, 9.17) is 0 Å². The zero-order valence-electron chi connectivity index (χ0n) is 12.4. The van der Waals surface area contributed by atoms with E-state index >= 15 is 0 Å². The molecule has 0 saturated carbocycles. The number of rotatable bonds is 4. The lowest BCUT2D eigenvalue weighted by molar-refractivity contribution is -0.130. The molecule has 0 bridgehead atoms. The second-order valence-electron chi connectivity index (χ2n) is 5.61. The summed E-state index contributed by atoms with van der Waals surface area (Å²) >= 11 is 7.04. The van der Waals surface area contributed by atoms with E-state index in [0.717, 1.165) is 40.6 Å². The molecule has 1 fully saturated rings. The average molecular weight is 419 g/mol. The standard InChI is InChI=1S/C15H21Br2N3O/c1-19(2)15(21)10-20-7-5-12(6-8-20)18-14-4-3-11(16)9-13(14)17/h3-4,9,12,18H,5-8,10H2,1-2H3. The van der Waals surface area contributed by atoms with Crippen molar-refractivity contribution in [1.82, 2.24) is 9.80 Å². The van der Waals surface area contributed by atoms with Crippen LogP contribution in [0.3, 0.4) is 0 Å². The Balaban J connectivity index is 1.83. The van der Waals surface area contributed by atoms with Crippen LogP contribution < -0.4 is 5.32 Å². The van der Waals surface area contributed by atoms with Crippen LogP contribution in [0.5, 0.6) is 0 Å².